The van der Waals surface area contributed by atoms with Crippen LogP contribution in [0.15, 0.2) is 24.0 Å². The van der Waals surface area contributed by atoms with Gasteiger partial charge in [-0.1, -0.05) is 12.2 Å². The number of hydrogen-bond acceptors (Lipinski definition) is 4. The number of rotatable bonds is 7. The Balaban J connectivity index is 4.52. The summed E-state index contributed by atoms with van der Waals surface area (Å²) in [6.45, 7) is 10.1. The Kier molecular flexibility index (Phi) is 7.72. The molecule has 6 heteroatoms. The predicted octanol–water partition coefficient (Wildman–Crippen LogP) is 3.24. The normalized spacial score (nSPS) is 17.3. The van der Waals surface area contributed by atoms with Crippen LogP contribution < -0.4 is 5.09 Å². The average molecular weight is 289 g/mol. The fourth-order valence-corrected chi connectivity index (χ4v) is 2.77. The van der Waals surface area contributed by atoms with Gasteiger partial charge in [0.2, 0.25) is 0 Å². The average Bonchev–Trinajstić information content (AvgIpc) is 2.23. The minimum absolute atomic E-state index is 0.203. The highest BCUT2D eigenvalue weighted by molar-refractivity contribution is 7.56. The molecule has 19 heavy (non-hydrogen) atoms. The summed E-state index contributed by atoms with van der Waals surface area (Å²) in [5.41, 5.74) is 0. The molecule has 0 aliphatic rings. The number of hydrogen-bond donors (Lipinski definition) is 1. The molecule has 2 unspecified atom stereocenters. The third kappa shape index (κ3) is 8.62. The first-order valence-electron chi connectivity index (χ1n) is 6.23. The van der Waals surface area contributed by atoms with Crippen LogP contribution in [0.1, 0.15) is 34.6 Å². The largest absolute Gasteiger partial charge is 0.462 e. The fourth-order valence-electron chi connectivity index (χ4n) is 1.30. The van der Waals surface area contributed by atoms with Crippen LogP contribution in [0.3, 0.4) is 0 Å². The van der Waals surface area contributed by atoms with Gasteiger partial charge in [-0.05, 0) is 40.7 Å². The van der Waals surface area contributed by atoms with Crippen molar-refractivity contribution in [2.24, 2.45) is 0 Å². The van der Waals surface area contributed by atoms with Gasteiger partial charge < -0.3 is 9.26 Å². The van der Waals surface area contributed by atoms with Gasteiger partial charge in [0, 0.05) is 6.66 Å². The van der Waals surface area contributed by atoms with Gasteiger partial charge in [-0.2, -0.15) is 0 Å². The maximum atomic E-state index is 12.2. The molecule has 0 aromatic heterocycles. The lowest BCUT2D eigenvalue weighted by atomic mass is 10.4. The van der Waals surface area contributed by atoms with Gasteiger partial charge >= 0.3 is 13.5 Å². The van der Waals surface area contributed by atoms with E-state index in [1.165, 1.54) is 6.66 Å². The molecule has 0 aliphatic heterocycles. The Labute approximate surface area is 115 Å². The quantitative estimate of drug-likeness (QED) is 0.337. The van der Waals surface area contributed by atoms with Gasteiger partial charge in [-0.25, -0.2) is 5.09 Å². The molecule has 0 rings (SSSR count). The van der Waals surface area contributed by atoms with Crippen molar-refractivity contribution < 1.29 is 18.6 Å². The molecule has 0 aliphatic carbocycles. The van der Waals surface area contributed by atoms with E-state index >= 15 is 0 Å². The molecular weight excluding hydrogens is 265 g/mol. The van der Waals surface area contributed by atoms with Crippen molar-refractivity contribution in [1.82, 2.24) is 5.09 Å². The number of nitrogens with one attached hydrogen (secondary N) is 1. The third-order valence-electron chi connectivity index (χ3n) is 1.98. The van der Waals surface area contributed by atoms with E-state index in [0.29, 0.717) is 5.76 Å². The maximum absolute atomic E-state index is 12.2. The molecule has 0 saturated heterocycles. The van der Waals surface area contributed by atoms with Crippen LogP contribution in [0.25, 0.3) is 0 Å². The zero-order valence-electron chi connectivity index (χ0n) is 12.5. The summed E-state index contributed by atoms with van der Waals surface area (Å²) in [4.78, 5) is 11.6. The van der Waals surface area contributed by atoms with E-state index in [2.05, 4.69) is 5.09 Å². The standard InChI is InChI=1S/C13H24NO4P/c1-7-8-9-11(4)18-19(6,16)14-12(5)13(15)17-10(2)3/h7-10,12H,1-6H3,(H,14,16). The predicted molar refractivity (Wildman–Crippen MR) is 77.0 cm³/mol. The second-order valence-corrected chi connectivity index (χ2v) is 6.71. The van der Waals surface area contributed by atoms with Crippen molar-refractivity contribution in [1.29, 1.82) is 0 Å². The highest BCUT2D eigenvalue weighted by Crippen LogP contribution is 2.40. The summed E-state index contributed by atoms with van der Waals surface area (Å²) in [5.74, 6) is 0.0663. The molecule has 0 amide bonds. The molecule has 0 fully saturated rings. The molecule has 2 atom stereocenters. The molecule has 0 saturated carbocycles. The van der Waals surface area contributed by atoms with Crippen molar-refractivity contribution in [3.63, 3.8) is 0 Å². The van der Waals surface area contributed by atoms with Gasteiger partial charge in [0.1, 0.15) is 11.8 Å². The van der Waals surface area contributed by atoms with Crippen LogP contribution in [0.4, 0.5) is 0 Å². The molecule has 110 valence electrons. The lowest BCUT2D eigenvalue weighted by Gasteiger charge is -2.21. The summed E-state index contributed by atoms with van der Waals surface area (Å²) in [6, 6.07) is -0.687. The Hall–Kier alpha value is -1.06. The van der Waals surface area contributed by atoms with Gasteiger partial charge in [0.05, 0.1) is 6.10 Å². The highest BCUT2D eigenvalue weighted by atomic mass is 31.2. The second-order valence-electron chi connectivity index (χ2n) is 4.58. The molecule has 1 N–H and O–H groups in total. The minimum atomic E-state index is -3.10. The molecule has 0 bridgehead atoms. The Morgan fingerprint density at radius 2 is 1.89 bits per heavy atom. The van der Waals surface area contributed by atoms with E-state index < -0.39 is 19.5 Å². The van der Waals surface area contributed by atoms with E-state index in [4.69, 9.17) is 9.26 Å². The summed E-state index contributed by atoms with van der Waals surface area (Å²) < 4.78 is 22.5. The van der Waals surface area contributed by atoms with Crippen molar-refractivity contribution in [2.75, 3.05) is 6.66 Å². The molecule has 0 heterocycles. The number of esters is 1. The van der Waals surface area contributed by atoms with Crippen LogP contribution >= 0.6 is 7.52 Å². The summed E-state index contributed by atoms with van der Waals surface area (Å²) in [7, 11) is -3.10. The van der Waals surface area contributed by atoms with Gasteiger partial charge in [0.15, 0.2) is 0 Å². The van der Waals surface area contributed by atoms with Crippen molar-refractivity contribution in [3.05, 3.63) is 24.0 Å². The van der Waals surface area contributed by atoms with E-state index in [1.807, 2.05) is 13.0 Å². The third-order valence-corrected chi connectivity index (χ3v) is 3.47. The molecule has 5 nitrogen and oxygen atoms in total. The summed E-state index contributed by atoms with van der Waals surface area (Å²) in [5, 5.41) is 2.66. The first-order valence-corrected chi connectivity index (χ1v) is 8.30. The van der Waals surface area contributed by atoms with Gasteiger partial charge in [-0.15, -0.1) is 0 Å². The van der Waals surface area contributed by atoms with Crippen molar-refractivity contribution in [2.45, 2.75) is 46.8 Å². The first-order chi connectivity index (χ1) is 8.68. The van der Waals surface area contributed by atoms with Crippen molar-refractivity contribution >= 4 is 13.5 Å². The maximum Gasteiger partial charge on any atom is 0.323 e. The Morgan fingerprint density at radius 1 is 1.32 bits per heavy atom. The molecule has 0 spiro atoms. The number of ether oxygens (including phenoxy) is 1. The number of carbonyl (C=O) groups excluding carboxylic acids is 1. The summed E-state index contributed by atoms with van der Waals surface area (Å²) >= 11 is 0. The highest BCUT2D eigenvalue weighted by Gasteiger charge is 2.25. The van der Waals surface area contributed by atoms with E-state index in [-0.39, 0.29) is 6.10 Å². The summed E-state index contributed by atoms with van der Waals surface area (Å²) in [6.07, 6.45) is 5.12. The van der Waals surface area contributed by atoms with E-state index in [1.54, 1.807) is 39.8 Å². The van der Waals surface area contributed by atoms with Gasteiger partial charge in [0.25, 0.3) is 0 Å². The SMILES string of the molecule is CC=CC=C(C)OP(C)(=O)NC(C)C(=O)OC(C)C. The topological polar surface area (TPSA) is 64.6 Å². The Bertz CT molecular complexity index is 401. The number of carbonyl (C=O) groups is 1. The smallest absolute Gasteiger partial charge is 0.323 e. The van der Waals surface area contributed by atoms with Crippen LogP contribution in [-0.4, -0.2) is 24.8 Å². The lowest BCUT2D eigenvalue weighted by Crippen LogP contribution is -2.34. The molecule has 0 aromatic rings. The van der Waals surface area contributed by atoms with Gasteiger partial charge in [-0.3, -0.25) is 9.36 Å². The zero-order chi connectivity index (χ0) is 15.1. The first kappa shape index (κ1) is 17.9. The monoisotopic (exact) mass is 289 g/mol. The minimum Gasteiger partial charge on any atom is -0.462 e. The van der Waals surface area contributed by atoms with Crippen molar-refractivity contribution in [3.8, 4) is 0 Å². The molecule has 0 aromatic carbocycles. The lowest BCUT2D eigenvalue weighted by molar-refractivity contribution is -0.149. The second kappa shape index (κ2) is 8.18. The number of allylic oxidation sites excluding steroid dienone is 4. The molecular formula is C13H24NO4P. The molecule has 0 radical (unpaired) electrons. The van der Waals surface area contributed by atoms with Crippen LogP contribution in [-0.2, 0) is 18.6 Å². The van der Waals surface area contributed by atoms with E-state index in [9.17, 15) is 9.36 Å². The van der Waals surface area contributed by atoms with Crippen LogP contribution in [0.5, 0.6) is 0 Å². The van der Waals surface area contributed by atoms with E-state index in [0.717, 1.165) is 0 Å². The van der Waals surface area contributed by atoms with Crippen LogP contribution in [0.2, 0.25) is 0 Å². The fraction of sp³-hybridized carbons (Fsp3) is 0.615. The zero-order valence-corrected chi connectivity index (χ0v) is 13.4. The Morgan fingerprint density at radius 3 is 2.37 bits per heavy atom. The van der Waals surface area contributed by atoms with Crippen LogP contribution in [0, 0.1) is 0 Å².